The van der Waals surface area contributed by atoms with Crippen molar-refractivity contribution in [1.82, 2.24) is 13.7 Å². The molecule has 0 spiro atoms. The third kappa shape index (κ3) is 2.09. The number of anilines is 1. The monoisotopic (exact) mass is 312 g/mol. The van der Waals surface area contributed by atoms with Gasteiger partial charge in [0.25, 0.3) is 11.1 Å². The van der Waals surface area contributed by atoms with Gasteiger partial charge in [0.05, 0.1) is 11.4 Å². The van der Waals surface area contributed by atoms with Gasteiger partial charge in [-0.3, -0.25) is 23.3 Å². The largest absolute Gasteiger partial charge is 0.387 e. The number of hydrogen-bond acceptors (Lipinski definition) is 4. The molecule has 0 aliphatic rings. The molecule has 0 saturated carbocycles. The molecule has 3 rings (SSSR count). The van der Waals surface area contributed by atoms with Crippen LogP contribution in [0.25, 0.3) is 16.7 Å². The maximum absolute atomic E-state index is 12.6. The maximum atomic E-state index is 12.6. The van der Waals surface area contributed by atoms with E-state index in [1.807, 2.05) is 6.07 Å². The van der Waals surface area contributed by atoms with Crippen LogP contribution in [0, 0.1) is 0 Å². The fraction of sp³-hybridized carbons (Fsp3) is 0.188. The Morgan fingerprint density at radius 3 is 2.22 bits per heavy atom. The normalized spacial score (nSPS) is 10.9. The Labute approximate surface area is 131 Å². The van der Waals surface area contributed by atoms with Crippen molar-refractivity contribution < 1.29 is 0 Å². The number of nitrogens with zero attached hydrogens (tertiary/aromatic N) is 3. The summed E-state index contributed by atoms with van der Waals surface area (Å²) < 4.78 is 3.72. The van der Waals surface area contributed by atoms with E-state index < -0.39 is 11.2 Å². The van der Waals surface area contributed by atoms with E-state index in [1.165, 1.54) is 22.2 Å². The number of benzene rings is 1. The predicted molar refractivity (Wildman–Crippen MR) is 89.6 cm³/mol. The molecule has 0 unspecified atom stereocenters. The van der Waals surface area contributed by atoms with Crippen LogP contribution >= 0.6 is 0 Å². The smallest absolute Gasteiger partial charge is 0.332 e. The first kappa shape index (κ1) is 14.8. The van der Waals surface area contributed by atoms with E-state index in [0.29, 0.717) is 16.8 Å². The van der Waals surface area contributed by atoms with Gasteiger partial charge in [-0.05, 0) is 12.1 Å². The Balaban J connectivity index is 2.68. The van der Waals surface area contributed by atoms with Crippen LogP contribution in [-0.2, 0) is 14.1 Å². The highest BCUT2D eigenvalue weighted by molar-refractivity contribution is 5.89. The molecule has 0 atom stereocenters. The van der Waals surface area contributed by atoms with Crippen molar-refractivity contribution in [2.45, 2.75) is 0 Å². The number of aromatic nitrogens is 3. The van der Waals surface area contributed by atoms with Gasteiger partial charge in [-0.2, -0.15) is 0 Å². The first-order valence-corrected chi connectivity index (χ1v) is 7.06. The first-order valence-electron chi connectivity index (χ1n) is 7.06. The lowest BCUT2D eigenvalue weighted by Gasteiger charge is -2.16. The van der Waals surface area contributed by atoms with E-state index >= 15 is 0 Å². The van der Waals surface area contributed by atoms with Gasteiger partial charge in [-0.25, -0.2) is 4.79 Å². The van der Waals surface area contributed by atoms with Crippen LogP contribution in [-0.4, -0.2) is 20.7 Å². The Kier molecular flexibility index (Phi) is 3.40. The van der Waals surface area contributed by atoms with Crippen molar-refractivity contribution in [2.75, 3.05) is 12.4 Å². The Morgan fingerprint density at radius 2 is 1.61 bits per heavy atom. The highest BCUT2D eigenvalue weighted by atomic mass is 16.2. The van der Waals surface area contributed by atoms with E-state index in [2.05, 4.69) is 5.32 Å². The summed E-state index contributed by atoms with van der Waals surface area (Å²) in [4.78, 5) is 37.4. The topological polar surface area (TPSA) is 78.0 Å². The molecule has 0 radical (unpaired) electrons. The molecule has 0 bridgehead atoms. The minimum absolute atomic E-state index is 0.265. The second-order valence-electron chi connectivity index (χ2n) is 5.22. The first-order chi connectivity index (χ1) is 11.0. The van der Waals surface area contributed by atoms with Crippen LogP contribution in [0.5, 0.6) is 0 Å². The van der Waals surface area contributed by atoms with Crippen LogP contribution in [0.3, 0.4) is 0 Å². The zero-order valence-corrected chi connectivity index (χ0v) is 13.0. The molecule has 1 N–H and O–H groups in total. The molecule has 3 aromatic rings. The number of nitrogens with one attached hydrogen (secondary N) is 1. The fourth-order valence-corrected chi connectivity index (χ4v) is 2.72. The third-order valence-electron chi connectivity index (χ3n) is 3.89. The summed E-state index contributed by atoms with van der Waals surface area (Å²) in [5.41, 5.74) is -0.00351. The molecule has 2 aromatic heterocycles. The van der Waals surface area contributed by atoms with Gasteiger partial charge in [0.1, 0.15) is 11.0 Å². The standard InChI is InChI=1S/C16H16N4O3/c1-17-11-9-12(21)20(10-7-5-4-6-8-10)14-13(11)15(22)19(3)16(23)18(14)2/h4-9,17H,1-3H3. The van der Waals surface area contributed by atoms with E-state index in [-0.39, 0.29) is 11.2 Å². The number of hydrogen-bond donors (Lipinski definition) is 1. The molecule has 118 valence electrons. The summed E-state index contributed by atoms with van der Waals surface area (Å²) in [6, 6.07) is 10.3. The predicted octanol–water partition coefficient (Wildman–Crippen LogP) is 0.430. The molecule has 7 heteroatoms. The molecule has 0 fully saturated rings. The highest BCUT2D eigenvalue weighted by Crippen LogP contribution is 2.19. The number of fused-ring (bicyclic) bond motifs is 1. The summed E-state index contributed by atoms with van der Waals surface area (Å²) in [7, 11) is 4.59. The fourth-order valence-electron chi connectivity index (χ4n) is 2.72. The van der Waals surface area contributed by atoms with E-state index in [9.17, 15) is 14.4 Å². The lowest BCUT2D eigenvalue weighted by molar-refractivity contribution is 0.699. The molecular formula is C16H16N4O3. The Bertz CT molecular complexity index is 1070. The number of rotatable bonds is 2. The van der Waals surface area contributed by atoms with Gasteiger partial charge in [0.15, 0.2) is 0 Å². The Hall–Kier alpha value is -3.09. The molecule has 0 aliphatic heterocycles. The molecule has 23 heavy (non-hydrogen) atoms. The van der Waals surface area contributed by atoms with Gasteiger partial charge < -0.3 is 5.32 Å². The van der Waals surface area contributed by atoms with Crippen molar-refractivity contribution in [3.63, 3.8) is 0 Å². The van der Waals surface area contributed by atoms with Crippen LogP contribution in [0.1, 0.15) is 0 Å². The van der Waals surface area contributed by atoms with E-state index in [0.717, 1.165) is 4.57 Å². The summed E-state index contributed by atoms with van der Waals surface area (Å²) in [6.07, 6.45) is 0. The minimum atomic E-state index is -0.486. The number of aryl methyl sites for hydroxylation is 1. The number of para-hydroxylation sites is 1. The average Bonchev–Trinajstić information content (AvgIpc) is 2.57. The van der Waals surface area contributed by atoms with E-state index in [1.54, 1.807) is 38.4 Å². The maximum Gasteiger partial charge on any atom is 0.332 e. The number of pyridine rings is 1. The second kappa shape index (κ2) is 5.28. The molecule has 0 saturated heterocycles. The van der Waals surface area contributed by atoms with Crippen LogP contribution in [0.4, 0.5) is 5.69 Å². The lowest BCUT2D eigenvalue weighted by Crippen LogP contribution is -2.39. The van der Waals surface area contributed by atoms with Crippen molar-refractivity contribution in [3.05, 3.63) is 67.6 Å². The van der Waals surface area contributed by atoms with Crippen LogP contribution in [0.15, 0.2) is 50.8 Å². The zero-order valence-electron chi connectivity index (χ0n) is 13.0. The van der Waals surface area contributed by atoms with Gasteiger partial charge in [0, 0.05) is 27.2 Å². The third-order valence-corrected chi connectivity index (χ3v) is 3.89. The molecule has 7 nitrogen and oxygen atoms in total. The molecule has 0 aliphatic carbocycles. The molecule has 1 aromatic carbocycles. The quantitative estimate of drug-likeness (QED) is 0.744. The van der Waals surface area contributed by atoms with Crippen molar-refractivity contribution >= 4 is 16.7 Å². The van der Waals surface area contributed by atoms with Crippen molar-refractivity contribution in [1.29, 1.82) is 0 Å². The minimum Gasteiger partial charge on any atom is -0.387 e. The lowest BCUT2D eigenvalue weighted by atomic mass is 10.2. The summed E-state index contributed by atoms with van der Waals surface area (Å²) in [6.45, 7) is 0. The van der Waals surface area contributed by atoms with Gasteiger partial charge in [0.2, 0.25) is 0 Å². The summed E-state index contributed by atoms with van der Waals surface area (Å²) >= 11 is 0. The summed E-state index contributed by atoms with van der Waals surface area (Å²) in [5, 5.41) is 3.15. The second-order valence-corrected chi connectivity index (χ2v) is 5.22. The molecular weight excluding hydrogens is 296 g/mol. The average molecular weight is 312 g/mol. The van der Waals surface area contributed by atoms with Crippen molar-refractivity contribution in [2.24, 2.45) is 14.1 Å². The van der Waals surface area contributed by atoms with Crippen LogP contribution < -0.4 is 22.1 Å². The summed E-state index contributed by atoms with van der Waals surface area (Å²) in [5.74, 6) is 0. The van der Waals surface area contributed by atoms with Crippen LogP contribution in [0.2, 0.25) is 0 Å². The van der Waals surface area contributed by atoms with Crippen molar-refractivity contribution in [3.8, 4) is 5.69 Å². The molecule has 0 amide bonds. The zero-order chi connectivity index (χ0) is 16.7. The van der Waals surface area contributed by atoms with Gasteiger partial charge in [-0.15, -0.1) is 0 Å². The van der Waals surface area contributed by atoms with E-state index in [4.69, 9.17) is 0 Å². The highest BCUT2D eigenvalue weighted by Gasteiger charge is 2.18. The van der Waals surface area contributed by atoms with Gasteiger partial charge in [-0.1, -0.05) is 18.2 Å². The van der Waals surface area contributed by atoms with Gasteiger partial charge >= 0.3 is 5.69 Å². The Morgan fingerprint density at radius 1 is 0.957 bits per heavy atom. The molecule has 2 heterocycles. The SMILES string of the molecule is CNc1cc(=O)n(-c2ccccc2)c2c1c(=O)n(C)c(=O)n2C.